The lowest BCUT2D eigenvalue weighted by Gasteiger charge is -2.03. The highest BCUT2D eigenvalue weighted by Crippen LogP contribution is 2.35. The van der Waals surface area contributed by atoms with Crippen LogP contribution in [-0.2, 0) is 0 Å². The molecule has 0 atom stereocenters. The SMILES string of the molecule is Nc1cc(-c2ccc3c(c2)OCO3)[nH]c(=O)n1. The normalized spacial score (nSPS) is 12.7. The number of rotatable bonds is 1. The molecule has 0 amide bonds. The number of nitrogens with zero attached hydrogens (tertiary/aromatic N) is 1. The summed E-state index contributed by atoms with van der Waals surface area (Å²) in [6.45, 7) is 0.216. The van der Waals surface area contributed by atoms with E-state index in [2.05, 4.69) is 9.97 Å². The van der Waals surface area contributed by atoms with Gasteiger partial charge in [0.15, 0.2) is 11.5 Å². The van der Waals surface area contributed by atoms with Gasteiger partial charge in [-0.05, 0) is 18.2 Å². The fourth-order valence-electron chi connectivity index (χ4n) is 1.70. The Hall–Kier alpha value is -2.50. The summed E-state index contributed by atoms with van der Waals surface area (Å²) in [6.07, 6.45) is 0. The van der Waals surface area contributed by atoms with Crippen molar-refractivity contribution in [3.8, 4) is 22.8 Å². The number of ether oxygens (including phenoxy) is 2. The molecule has 3 N–H and O–H groups in total. The molecule has 1 aromatic carbocycles. The minimum absolute atomic E-state index is 0.182. The molecule has 1 aliphatic rings. The first-order valence-corrected chi connectivity index (χ1v) is 4.99. The van der Waals surface area contributed by atoms with Crippen molar-refractivity contribution in [2.24, 2.45) is 0 Å². The molecule has 0 saturated heterocycles. The Bertz CT molecular complexity index is 636. The lowest BCUT2D eigenvalue weighted by atomic mass is 10.1. The second kappa shape index (κ2) is 3.51. The van der Waals surface area contributed by atoms with Crippen LogP contribution in [0.25, 0.3) is 11.3 Å². The first-order valence-electron chi connectivity index (χ1n) is 4.99. The molecule has 0 spiro atoms. The zero-order chi connectivity index (χ0) is 11.8. The molecule has 1 aliphatic heterocycles. The van der Waals surface area contributed by atoms with Gasteiger partial charge in [0.05, 0.1) is 5.69 Å². The van der Waals surface area contributed by atoms with E-state index in [1.165, 1.54) is 0 Å². The van der Waals surface area contributed by atoms with E-state index in [-0.39, 0.29) is 12.6 Å². The van der Waals surface area contributed by atoms with Gasteiger partial charge < -0.3 is 20.2 Å². The van der Waals surface area contributed by atoms with Crippen LogP contribution in [0.1, 0.15) is 0 Å². The van der Waals surface area contributed by atoms with Crippen LogP contribution in [0.3, 0.4) is 0 Å². The number of fused-ring (bicyclic) bond motifs is 1. The van der Waals surface area contributed by atoms with E-state index in [0.717, 1.165) is 5.56 Å². The molecule has 0 unspecified atom stereocenters. The van der Waals surface area contributed by atoms with E-state index in [1.54, 1.807) is 18.2 Å². The van der Waals surface area contributed by atoms with Crippen molar-refractivity contribution in [2.45, 2.75) is 0 Å². The predicted octanol–water partition coefficient (Wildman–Crippen LogP) is 0.748. The lowest BCUT2D eigenvalue weighted by molar-refractivity contribution is 0.174. The summed E-state index contributed by atoms with van der Waals surface area (Å²) in [5, 5.41) is 0. The van der Waals surface area contributed by atoms with Gasteiger partial charge in [-0.2, -0.15) is 4.98 Å². The Kier molecular flexibility index (Phi) is 2.01. The summed E-state index contributed by atoms with van der Waals surface area (Å²) in [5.41, 5.74) is 6.44. The van der Waals surface area contributed by atoms with E-state index in [1.807, 2.05) is 6.07 Å². The maximum absolute atomic E-state index is 11.2. The van der Waals surface area contributed by atoms with Gasteiger partial charge in [0.1, 0.15) is 5.82 Å². The smallest absolute Gasteiger partial charge is 0.347 e. The van der Waals surface area contributed by atoms with Crippen LogP contribution in [0, 0.1) is 0 Å². The van der Waals surface area contributed by atoms with Crippen LogP contribution in [0.5, 0.6) is 11.5 Å². The Morgan fingerprint density at radius 3 is 2.88 bits per heavy atom. The topological polar surface area (TPSA) is 90.2 Å². The van der Waals surface area contributed by atoms with E-state index in [0.29, 0.717) is 17.2 Å². The van der Waals surface area contributed by atoms with Crippen molar-refractivity contribution in [1.29, 1.82) is 0 Å². The van der Waals surface area contributed by atoms with Gasteiger partial charge in [0.2, 0.25) is 6.79 Å². The molecule has 0 radical (unpaired) electrons. The van der Waals surface area contributed by atoms with Crippen molar-refractivity contribution >= 4 is 5.82 Å². The molecule has 0 aliphatic carbocycles. The maximum atomic E-state index is 11.2. The van der Waals surface area contributed by atoms with E-state index < -0.39 is 5.69 Å². The molecule has 17 heavy (non-hydrogen) atoms. The summed E-state index contributed by atoms with van der Waals surface area (Å²) in [6, 6.07) is 6.98. The maximum Gasteiger partial charge on any atom is 0.347 e. The third-order valence-corrected chi connectivity index (χ3v) is 2.45. The van der Waals surface area contributed by atoms with Crippen molar-refractivity contribution in [3.05, 3.63) is 34.7 Å². The number of nitrogens with one attached hydrogen (secondary N) is 1. The molecule has 0 fully saturated rings. The van der Waals surface area contributed by atoms with Crippen molar-refractivity contribution in [3.63, 3.8) is 0 Å². The molecule has 3 rings (SSSR count). The van der Waals surface area contributed by atoms with Crippen LogP contribution in [-0.4, -0.2) is 16.8 Å². The first-order chi connectivity index (χ1) is 8.22. The molecule has 2 heterocycles. The quantitative estimate of drug-likeness (QED) is 0.755. The highest BCUT2D eigenvalue weighted by Gasteiger charge is 2.14. The third kappa shape index (κ3) is 1.69. The average Bonchev–Trinajstić information content (AvgIpc) is 2.74. The minimum atomic E-state index is -0.474. The second-order valence-corrected chi connectivity index (χ2v) is 3.59. The summed E-state index contributed by atoms with van der Waals surface area (Å²) in [7, 11) is 0. The number of hydrogen-bond donors (Lipinski definition) is 2. The van der Waals surface area contributed by atoms with Crippen LogP contribution in [0.4, 0.5) is 5.82 Å². The van der Waals surface area contributed by atoms with Gasteiger partial charge in [-0.15, -0.1) is 0 Å². The van der Waals surface area contributed by atoms with Crippen molar-refractivity contribution < 1.29 is 9.47 Å². The summed E-state index contributed by atoms with van der Waals surface area (Å²) < 4.78 is 10.5. The summed E-state index contributed by atoms with van der Waals surface area (Å²) in [5.74, 6) is 1.53. The predicted molar refractivity (Wildman–Crippen MR) is 60.8 cm³/mol. The first kappa shape index (κ1) is 9.71. The molecule has 0 saturated carbocycles. The minimum Gasteiger partial charge on any atom is -0.454 e. The highest BCUT2D eigenvalue weighted by molar-refractivity contribution is 5.65. The standard InChI is InChI=1S/C11H9N3O3/c12-10-4-7(13-11(15)14-10)6-1-2-8-9(3-6)17-5-16-8/h1-4H,5H2,(H3,12,13,14,15). The molecule has 6 nitrogen and oxygen atoms in total. The van der Waals surface area contributed by atoms with Gasteiger partial charge in [0, 0.05) is 11.6 Å². The van der Waals surface area contributed by atoms with Gasteiger partial charge in [-0.3, -0.25) is 0 Å². The fraction of sp³-hybridized carbons (Fsp3) is 0.0909. The zero-order valence-corrected chi connectivity index (χ0v) is 8.77. The van der Waals surface area contributed by atoms with Crippen molar-refractivity contribution in [1.82, 2.24) is 9.97 Å². The van der Waals surface area contributed by atoms with E-state index >= 15 is 0 Å². The number of nitrogen functional groups attached to an aromatic ring is 1. The monoisotopic (exact) mass is 231 g/mol. The molecular formula is C11H9N3O3. The molecule has 6 heteroatoms. The van der Waals surface area contributed by atoms with E-state index in [9.17, 15) is 4.79 Å². The third-order valence-electron chi connectivity index (χ3n) is 2.45. The molecule has 1 aromatic heterocycles. The van der Waals surface area contributed by atoms with Gasteiger partial charge in [-0.1, -0.05) is 0 Å². The Morgan fingerprint density at radius 1 is 1.24 bits per heavy atom. The number of H-pyrrole nitrogens is 1. The summed E-state index contributed by atoms with van der Waals surface area (Å²) >= 11 is 0. The molecule has 86 valence electrons. The second-order valence-electron chi connectivity index (χ2n) is 3.59. The number of benzene rings is 1. The van der Waals surface area contributed by atoms with Gasteiger partial charge in [-0.25, -0.2) is 4.79 Å². The number of aromatic nitrogens is 2. The number of anilines is 1. The van der Waals surface area contributed by atoms with Crippen LogP contribution < -0.4 is 20.9 Å². The largest absolute Gasteiger partial charge is 0.454 e. The Balaban J connectivity index is 2.12. The van der Waals surface area contributed by atoms with Crippen molar-refractivity contribution in [2.75, 3.05) is 12.5 Å². The number of aromatic amines is 1. The van der Waals surface area contributed by atoms with Crippen LogP contribution >= 0.6 is 0 Å². The van der Waals surface area contributed by atoms with Crippen LogP contribution in [0.2, 0.25) is 0 Å². The fourth-order valence-corrected chi connectivity index (χ4v) is 1.70. The average molecular weight is 231 g/mol. The molecule has 2 aromatic rings. The zero-order valence-electron chi connectivity index (χ0n) is 8.77. The number of hydrogen-bond acceptors (Lipinski definition) is 5. The van der Waals surface area contributed by atoms with Gasteiger partial charge >= 0.3 is 5.69 Å². The Labute approximate surface area is 96.0 Å². The molecular weight excluding hydrogens is 222 g/mol. The van der Waals surface area contributed by atoms with Crippen LogP contribution in [0.15, 0.2) is 29.1 Å². The Morgan fingerprint density at radius 2 is 2.06 bits per heavy atom. The lowest BCUT2D eigenvalue weighted by Crippen LogP contribution is -2.12. The number of nitrogens with two attached hydrogens (primary N) is 1. The van der Waals surface area contributed by atoms with Gasteiger partial charge in [0.25, 0.3) is 0 Å². The molecule has 0 bridgehead atoms. The summed E-state index contributed by atoms with van der Waals surface area (Å²) in [4.78, 5) is 17.4. The highest BCUT2D eigenvalue weighted by atomic mass is 16.7. The van der Waals surface area contributed by atoms with E-state index in [4.69, 9.17) is 15.2 Å².